The van der Waals surface area contributed by atoms with E-state index in [-0.39, 0.29) is 90.3 Å². The monoisotopic (exact) mass is 1060 g/mol. The molecule has 2 aromatic carbocycles. The lowest BCUT2D eigenvalue weighted by Crippen LogP contribution is -2.48. The maximum absolute atomic E-state index is 17.5. The normalized spacial score (nSPS) is 18.1. The fourth-order valence-electron chi connectivity index (χ4n) is 9.14. The number of fused-ring (bicyclic) bond motifs is 1. The van der Waals surface area contributed by atoms with Crippen LogP contribution in [0.25, 0.3) is 52.9 Å². The molecule has 0 atom stereocenters. The van der Waals surface area contributed by atoms with Crippen molar-refractivity contribution in [2.75, 3.05) is 26.3 Å². The van der Waals surface area contributed by atoms with E-state index in [1.54, 1.807) is 30.3 Å². The number of ether oxygens (including phenoxy) is 2. The number of allylic oxidation sites excluding steroid dienone is 2. The Hall–Kier alpha value is -5.72. The van der Waals surface area contributed by atoms with E-state index in [0.717, 1.165) is 37.8 Å². The number of furan rings is 1. The number of likely N-dealkylation sites (tertiary alicyclic amines) is 2. The standard InChI is InChI=1S/C55H54F6N2O7S3/c1-50(2,3)30-12-10-29(11-13-30)48-45(33-24-36(68-20-18-62-41(64)14-15-42(62)65)37(26-35(33)70-48)69-21-19-63-43(66)16-17-44(63)67)47-46(53(56,57)55(60,61)54(47,58)59)34-25-39(38-22-31(27-71-38)51(4,5)6)73-49(34)40-23-32(28-72-40)52(7,8)9/h10-13,22-28H,14-21H2,1-9H3. The van der Waals surface area contributed by atoms with Crippen molar-refractivity contribution in [1.82, 2.24) is 9.80 Å². The lowest BCUT2D eigenvalue weighted by molar-refractivity contribution is -0.254. The minimum Gasteiger partial charge on any atom is -0.488 e. The van der Waals surface area contributed by atoms with Crippen LogP contribution in [0.3, 0.4) is 0 Å². The van der Waals surface area contributed by atoms with Crippen LogP contribution in [0, 0.1) is 0 Å². The molecule has 3 aliphatic rings. The molecule has 4 amide bonds. The number of nitrogens with zero attached hydrogens (tertiary/aromatic N) is 2. The molecule has 0 spiro atoms. The van der Waals surface area contributed by atoms with Crippen LogP contribution in [0.4, 0.5) is 26.3 Å². The van der Waals surface area contributed by atoms with Gasteiger partial charge >= 0.3 is 17.8 Å². The van der Waals surface area contributed by atoms with Gasteiger partial charge in [-0.2, -0.15) is 26.3 Å². The van der Waals surface area contributed by atoms with Crippen LogP contribution < -0.4 is 9.47 Å². The number of hydrogen-bond acceptors (Lipinski definition) is 10. The Kier molecular flexibility index (Phi) is 13.1. The van der Waals surface area contributed by atoms with Gasteiger partial charge in [0.25, 0.3) is 0 Å². The number of alkyl halides is 6. The van der Waals surface area contributed by atoms with Gasteiger partial charge in [0.15, 0.2) is 11.5 Å². The van der Waals surface area contributed by atoms with Gasteiger partial charge in [0.1, 0.15) is 24.6 Å². The maximum Gasteiger partial charge on any atom is 0.380 e. The van der Waals surface area contributed by atoms with E-state index >= 15 is 26.3 Å². The third kappa shape index (κ3) is 9.23. The first-order valence-corrected chi connectivity index (χ1v) is 26.4. The second-order valence-corrected chi connectivity index (χ2v) is 24.6. The number of amides is 4. The summed E-state index contributed by atoms with van der Waals surface area (Å²) < 4.78 is 122. The Morgan fingerprint density at radius 2 is 1.04 bits per heavy atom. The minimum absolute atomic E-state index is 0.00520. The third-order valence-corrected chi connectivity index (χ3v) is 16.9. The zero-order chi connectivity index (χ0) is 53.0. The van der Waals surface area contributed by atoms with E-state index in [2.05, 4.69) is 0 Å². The predicted octanol–water partition coefficient (Wildman–Crippen LogP) is 14.4. The van der Waals surface area contributed by atoms with E-state index < -0.39 is 80.3 Å². The summed E-state index contributed by atoms with van der Waals surface area (Å²) in [6.45, 7) is 16.7. The maximum atomic E-state index is 17.5. The van der Waals surface area contributed by atoms with Crippen molar-refractivity contribution in [2.24, 2.45) is 0 Å². The van der Waals surface area contributed by atoms with Gasteiger partial charge in [-0.3, -0.25) is 29.0 Å². The number of rotatable bonds is 13. The Morgan fingerprint density at radius 1 is 0.575 bits per heavy atom. The number of hydrogen-bond donors (Lipinski definition) is 0. The summed E-state index contributed by atoms with van der Waals surface area (Å²) >= 11 is 3.58. The summed E-state index contributed by atoms with van der Waals surface area (Å²) in [5.74, 6) is -19.4. The molecule has 0 saturated carbocycles. The Labute approximate surface area is 430 Å². The van der Waals surface area contributed by atoms with E-state index in [0.29, 0.717) is 14.6 Å². The molecule has 1 aliphatic carbocycles. The van der Waals surface area contributed by atoms with Crippen LogP contribution in [-0.4, -0.2) is 77.5 Å². The molecule has 0 unspecified atom stereocenters. The van der Waals surface area contributed by atoms with Gasteiger partial charge in [-0.1, -0.05) is 86.6 Å². The molecule has 386 valence electrons. The molecule has 2 fully saturated rings. The first-order chi connectivity index (χ1) is 34.0. The zero-order valence-electron chi connectivity index (χ0n) is 41.8. The molecule has 0 radical (unpaired) electrons. The molecule has 2 aliphatic heterocycles. The Bertz CT molecular complexity index is 3200. The molecule has 4 aromatic heterocycles. The van der Waals surface area contributed by atoms with Crippen molar-refractivity contribution in [1.29, 1.82) is 0 Å². The number of carbonyl (C=O) groups excluding carboxylic acids is 4. The summed E-state index contributed by atoms with van der Waals surface area (Å²) in [4.78, 5) is 53.6. The number of imide groups is 2. The highest BCUT2D eigenvalue weighted by Crippen LogP contribution is 2.68. The lowest BCUT2D eigenvalue weighted by atomic mass is 9.86. The molecule has 0 N–H and O–H groups in total. The van der Waals surface area contributed by atoms with Crippen molar-refractivity contribution in [3.63, 3.8) is 0 Å². The SMILES string of the molecule is CC(C)(C)c1ccc(-c2oc3cc(OCCN4C(=O)CCC4=O)c(OCCN4C(=O)CCC4=O)cc3c2C2=C(c3cc(-c4cc(C(C)(C)C)cs4)sc3-c3cc(C(C)(C)C)cs3)C(F)(F)C(F)(F)C2(F)F)cc1. The fourth-order valence-corrected chi connectivity index (χ4v) is 12.8. The largest absolute Gasteiger partial charge is 0.488 e. The predicted molar refractivity (Wildman–Crippen MR) is 273 cm³/mol. The van der Waals surface area contributed by atoms with Crippen LogP contribution in [-0.2, 0) is 35.4 Å². The number of halogens is 6. The average Bonchev–Trinajstić information content (AvgIpc) is 4.18. The lowest BCUT2D eigenvalue weighted by Gasteiger charge is -2.26. The Balaban J connectivity index is 1.32. The van der Waals surface area contributed by atoms with Crippen molar-refractivity contribution in [3.8, 4) is 42.3 Å². The molecule has 9 rings (SSSR count). The quantitative estimate of drug-likeness (QED) is 0.0837. The molecular weight excluding hydrogens is 1010 g/mol. The molecule has 18 heteroatoms. The highest BCUT2D eigenvalue weighted by Gasteiger charge is 2.81. The van der Waals surface area contributed by atoms with Crippen molar-refractivity contribution < 1.29 is 59.4 Å². The summed E-state index contributed by atoms with van der Waals surface area (Å²) in [6, 6.07) is 13.9. The molecule has 9 nitrogen and oxygen atoms in total. The van der Waals surface area contributed by atoms with Crippen LogP contribution in [0.15, 0.2) is 69.8 Å². The first kappa shape index (κ1) is 52.2. The van der Waals surface area contributed by atoms with Gasteiger partial charge in [0.05, 0.1) is 18.0 Å². The van der Waals surface area contributed by atoms with Gasteiger partial charge in [-0.05, 0) is 68.0 Å². The fraction of sp³-hybridized carbons (Fsp3) is 0.418. The summed E-state index contributed by atoms with van der Waals surface area (Å²) in [5.41, 5.74) is -3.10. The smallest absolute Gasteiger partial charge is 0.380 e. The average molecular weight is 1070 g/mol. The van der Waals surface area contributed by atoms with Crippen molar-refractivity contribution in [2.45, 2.75) is 122 Å². The van der Waals surface area contributed by atoms with Crippen molar-refractivity contribution >= 4 is 79.8 Å². The topological polar surface area (TPSA) is 106 Å². The summed E-state index contributed by atoms with van der Waals surface area (Å²) in [6.07, 6.45) is 0.0332. The molecular formula is C55H54F6N2O7S3. The molecule has 6 aromatic rings. The molecule has 0 bridgehead atoms. The van der Waals surface area contributed by atoms with Crippen LogP contribution in [0.1, 0.15) is 116 Å². The number of benzene rings is 2. The van der Waals surface area contributed by atoms with Crippen LogP contribution >= 0.6 is 34.0 Å². The van der Waals surface area contributed by atoms with E-state index in [4.69, 9.17) is 13.9 Å². The van der Waals surface area contributed by atoms with Gasteiger partial charge < -0.3 is 13.9 Å². The zero-order valence-corrected chi connectivity index (χ0v) is 44.2. The molecule has 73 heavy (non-hydrogen) atoms. The highest BCUT2D eigenvalue weighted by molar-refractivity contribution is 7.26. The van der Waals surface area contributed by atoms with Crippen molar-refractivity contribution in [3.05, 3.63) is 93.2 Å². The van der Waals surface area contributed by atoms with Gasteiger partial charge in [-0.15, -0.1) is 34.0 Å². The van der Waals surface area contributed by atoms with E-state index in [1.165, 1.54) is 40.9 Å². The van der Waals surface area contributed by atoms with E-state index in [9.17, 15) is 19.2 Å². The molecule has 6 heterocycles. The number of carbonyl (C=O) groups is 4. The third-order valence-electron chi connectivity index (χ3n) is 13.5. The highest BCUT2D eigenvalue weighted by atomic mass is 32.1. The second-order valence-electron chi connectivity index (χ2n) is 21.7. The van der Waals surface area contributed by atoms with Gasteiger partial charge in [0.2, 0.25) is 23.6 Å². The van der Waals surface area contributed by atoms with Crippen LogP contribution in [0.2, 0.25) is 0 Å². The van der Waals surface area contributed by atoms with Crippen LogP contribution in [0.5, 0.6) is 11.5 Å². The van der Waals surface area contributed by atoms with Gasteiger partial charge in [-0.25, -0.2) is 0 Å². The molecule has 2 saturated heterocycles. The number of thiophene rings is 3. The van der Waals surface area contributed by atoms with Gasteiger partial charge in [0, 0.05) is 79.6 Å². The minimum atomic E-state index is -5.96. The van der Waals surface area contributed by atoms with E-state index in [1.807, 2.05) is 79.1 Å². The first-order valence-electron chi connectivity index (χ1n) is 23.9. The second kappa shape index (κ2) is 18.3. The Morgan fingerprint density at radius 3 is 1.53 bits per heavy atom. The summed E-state index contributed by atoms with van der Waals surface area (Å²) in [7, 11) is 0. The summed E-state index contributed by atoms with van der Waals surface area (Å²) in [5, 5.41) is 3.45.